The van der Waals surface area contributed by atoms with Crippen LogP contribution < -0.4 is 5.32 Å². The highest BCUT2D eigenvalue weighted by Crippen LogP contribution is 2.18. The van der Waals surface area contributed by atoms with Crippen molar-refractivity contribution < 1.29 is 18.0 Å². The maximum atomic E-state index is 13.2. The number of alkyl halides is 2. The fraction of sp³-hybridized carbons (Fsp3) is 0.235. The summed E-state index contributed by atoms with van der Waals surface area (Å²) >= 11 is 0. The number of rotatable bonds is 6. The molecular formula is C17H16F3N5O. The second-order valence-electron chi connectivity index (χ2n) is 5.75. The number of carbonyl (C=O) groups excluding carboxylic acids is 1. The predicted molar refractivity (Wildman–Crippen MR) is 88.3 cm³/mol. The molecule has 3 aromatic rings. The van der Waals surface area contributed by atoms with Gasteiger partial charge in [0.25, 0.3) is 6.43 Å². The second kappa shape index (κ2) is 7.42. The lowest BCUT2D eigenvalue weighted by atomic mass is 10.2. The van der Waals surface area contributed by atoms with E-state index in [1.54, 1.807) is 36.0 Å². The monoisotopic (exact) mass is 363 g/mol. The summed E-state index contributed by atoms with van der Waals surface area (Å²) in [5, 5.41) is 10.5. The zero-order valence-electron chi connectivity index (χ0n) is 13.9. The van der Waals surface area contributed by atoms with Gasteiger partial charge in [0.05, 0.1) is 6.54 Å². The average Bonchev–Trinajstić information content (AvgIpc) is 3.14. The number of amides is 1. The second-order valence-corrected chi connectivity index (χ2v) is 5.75. The van der Waals surface area contributed by atoms with Crippen LogP contribution in [0.3, 0.4) is 0 Å². The molecule has 0 radical (unpaired) electrons. The third kappa shape index (κ3) is 4.29. The maximum Gasteiger partial charge on any atom is 0.282 e. The van der Waals surface area contributed by atoms with Gasteiger partial charge in [-0.15, -0.1) is 0 Å². The van der Waals surface area contributed by atoms with Crippen LogP contribution in [-0.4, -0.2) is 25.5 Å². The Labute approximate surface area is 147 Å². The summed E-state index contributed by atoms with van der Waals surface area (Å²) in [7, 11) is 0. The van der Waals surface area contributed by atoms with E-state index in [2.05, 4.69) is 15.5 Å². The first-order chi connectivity index (χ1) is 12.4. The zero-order valence-corrected chi connectivity index (χ0v) is 13.9. The molecule has 1 aromatic carbocycles. The molecule has 0 aliphatic rings. The molecule has 3 rings (SSSR count). The summed E-state index contributed by atoms with van der Waals surface area (Å²) in [6.07, 6.45) is -1.04. The Morgan fingerprint density at radius 1 is 1.23 bits per heavy atom. The molecule has 0 aliphatic carbocycles. The van der Waals surface area contributed by atoms with E-state index in [0.29, 0.717) is 18.1 Å². The summed E-state index contributed by atoms with van der Waals surface area (Å²) in [4.78, 5) is 12.1. The van der Waals surface area contributed by atoms with E-state index >= 15 is 0 Å². The van der Waals surface area contributed by atoms with Gasteiger partial charge in [-0.05, 0) is 30.7 Å². The summed E-state index contributed by atoms with van der Waals surface area (Å²) < 4.78 is 41.2. The average molecular weight is 363 g/mol. The largest absolute Gasteiger partial charge is 0.308 e. The molecule has 6 nitrogen and oxygen atoms in total. The zero-order chi connectivity index (χ0) is 18.7. The number of carbonyl (C=O) groups is 1. The van der Waals surface area contributed by atoms with Crippen LogP contribution >= 0.6 is 0 Å². The van der Waals surface area contributed by atoms with Gasteiger partial charge in [-0.1, -0.05) is 12.1 Å². The van der Waals surface area contributed by atoms with Gasteiger partial charge in [0.2, 0.25) is 5.91 Å². The van der Waals surface area contributed by atoms with Crippen LogP contribution in [0.25, 0.3) is 0 Å². The Morgan fingerprint density at radius 3 is 2.73 bits per heavy atom. The topological polar surface area (TPSA) is 64.7 Å². The summed E-state index contributed by atoms with van der Waals surface area (Å²) in [5.41, 5.74) is 0.833. The molecule has 26 heavy (non-hydrogen) atoms. The molecule has 1 amide bonds. The van der Waals surface area contributed by atoms with Crippen molar-refractivity contribution in [2.45, 2.75) is 26.4 Å². The van der Waals surface area contributed by atoms with Gasteiger partial charge >= 0.3 is 0 Å². The van der Waals surface area contributed by atoms with Gasteiger partial charge in [0.1, 0.15) is 18.1 Å². The van der Waals surface area contributed by atoms with Crippen molar-refractivity contribution in [3.63, 3.8) is 0 Å². The van der Waals surface area contributed by atoms with Gasteiger partial charge in [0.15, 0.2) is 5.82 Å². The normalized spacial score (nSPS) is 11.1. The highest BCUT2D eigenvalue weighted by atomic mass is 19.3. The standard InChI is InChI=1S/C17H16F3N5O/c1-11-7-14(17(19)20)22-25(11)10-16(26)21-15-5-6-24(23-15)9-12-3-2-4-13(18)8-12/h2-8,17H,9-10H2,1H3,(H,21,23,26). The number of hydrogen-bond donors (Lipinski definition) is 1. The number of benzene rings is 1. The summed E-state index contributed by atoms with van der Waals surface area (Å²) in [6.45, 7) is 1.75. The van der Waals surface area contributed by atoms with Crippen LogP contribution in [-0.2, 0) is 17.9 Å². The van der Waals surface area contributed by atoms with E-state index in [1.165, 1.54) is 22.9 Å². The molecule has 9 heteroatoms. The van der Waals surface area contributed by atoms with Crippen molar-refractivity contribution in [3.8, 4) is 0 Å². The number of anilines is 1. The molecule has 2 aromatic heterocycles. The Kier molecular flexibility index (Phi) is 5.06. The lowest BCUT2D eigenvalue weighted by Crippen LogP contribution is -2.20. The molecule has 0 spiro atoms. The maximum absolute atomic E-state index is 13.2. The van der Waals surface area contributed by atoms with Crippen molar-refractivity contribution in [2.75, 3.05) is 5.32 Å². The Hall–Kier alpha value is -3.10. The minimum absolute atomic E-state index is 0.199. The number of aromatic nitrogens is 4. The van der Waals surface area contributed by atoms with Crippen LogP contribution in [0.15, 0.2) is 42.6 Å². The van der Waals surface area contributed by atoms with Crippen LogP contribution in [0.1, 0.15) is 23.4 Å². The van der Waals surface area contributed by atoms with Gasteiger partial charge in [-0.3, -0.25) is 14.2 Å². The van der Waals surface area contributed by atoms with E-state index < -0.39 is 12.3 Å². The molecule has 0 saturated heterocycles. The summed E-state index contributed by atoms with van der Waals surface area (Å²) in [6, 6.07) is 8.97. The van der Waals surface area contributed by atoms with Crippen molar-refractivity contribution in [2.24, 2.45) is 0 Å². The predicted octanol–water partition coefficient (Wildman–Crippen LogP) is 3.15. The Balaban J connectivity index is 1.61. The SMILES string of the molecule is Cc1cc(C(F)F)nn1CC(=O)Nc1ccn(Cc2cccc(F)c2)n1. The van der Waals surface area contributed by atoms with Gasteiger partial charge in [0, 0.05) is 18.0 Å². The van der Waals surface area contributed by atoms with E-state index in [0.717, 1.165) is 5.56 Å². The molecule has 1 N–H and O–H groups in total. The first-order valence-corrected chi connectivity index (χ1v) is 7.81. The van der Waals surface area contributed by atoms with Gasteiger partial charge in [-0.2, -0.15) is 10.2 Å². The minimum atomic E-state index is -2.68. The fourth-order valence-corrected chi connectivity index (χ4v) is 2.46. The summed E-state index contributed by atoms with van der Waals surface area (Å²) in [5.74, 6) is -0.459. The lowest BCUT2D eigenvalue weighted by molar-refractivity contribution is -0.117. The Bertz CT molecular complexity index is 919. The fourth-order valence-electron chi connectivity index (χ4n) is 2.46. The van der Waals surface area contributed by atoms with Crippen LogP contribution in [0.5, 0.6) is 0 Å². The van der Waals surface area contributed by atoms with E-state index in [1.807, 2.05) is 0 Å². The van der Waals surface area contributed by atoms with Gasteiger partial charge in [-0.25, -0.2) is 13.2 Å². The van der Waals surface area contributed by atoms with Crippen LogP contribution in [0, 0.1) is 12.7 Å². The third-order valence-corrected chi connectivity index (χ3v) is 3.66. The smallest absolute Gasteiger partial charge is 0.282 e. The molecule has 0 bridgehead atoms. The van der Waals surface area contributed by atoms with E-state index in [9.17, 15) is 18.0 Å². The van der Waals surface area contributed by atoms with E-state index in [4.69, 9.17) is 0 Å². The minimum Gasteiger partial charge on any atom is -0.308 e. The van der Waals surface area contributed by atoms with Crippen molar-refractivity contribution in [3.05, 3.63) is 65.4 Å². The van der Waals surface area contributed by atoms with Crippen molar-refractivity contribution in [1.29, 1.82) is 0 Å². The highest BCUT2D eigenvalue weighted by Gasteiger charge is 2.15. The molecule has 0 aliphatic heterocycles. The quantitative estimate of drug-likeness (QED) is 0.732. The molecule has 2 heterocycles. The Morgan fingerprint density at radius 2 is 2.04 bits per heavy atom. The number of aryl methyl sites for hydroxylation is 1. The van der Waals surface area contributed by atoms with Gasteiger partial charge < -0.3 is 5.32 Å². The highest BCUT2D eigenvalue weighted by molar-refractivity contribution is 5.89. The van der Waals surface area contributed by atoms with Crippen LogP contribution in [0.2, 0.25) is 0 Å². The number of hydrogen-bond acceptors (Lipinski definition) is 3. The van der Waals surface area contributed by atoms with Crippen molar-refractivity contribution >= 4 is 11.7 Å². The number of halogens is 3. The molecule has 136 valence electrons. The molecule has 0 unspecified atom stereocenters. The van der Waals surface area contributed by atoms with Crippen LogP contribution in [0.4, 0.5) is 19.0 Å². The number of nitrogens with zero attached hydrogens (tertiary/aromatic N) is 4. The van der Waals surface area contributed by atoms with Crippen molar-refractivity contribution in [1.82, 2.24) is 19.6 Å². The first-order valence-electron chi connectivity index (χ1n) is 7.81. The number of nitrogens with one attached hydrogen (secondary N) is 1. The third-order valence-electron chi connectivity index (χ3n) is 3.66. The molecule has 0 fully saturated rings. The lowest BCUT2D eigenvalue weighted by Gasteiger charge is -2.05. The van der Waals surface area contributed by atoms with E-state index in [-0.39, 0.29) is 18.1 Å². The molecular weight excluding hydrogens is 347 g/mol. The molecule has 0 atom stereocenters. The molecule has 0 saturated carbocycles. The first kappa shape index (κ1) is 17.7.